The molecular weight excluding hydrogens is 330 g/mol. The molecule has 1 atom stereocenters. The van der Waals surface area contributed by atoms with Crippen LogP contribution in [0.25, 0.3) is 0 Å². The SMILES string of the molecule is O=C(NCc1ccc(OC(F)F)cc1)C1CCCN(C(=O)C2CC2)C1. The Hall–Kier alpha value is -2.18. The summed E-state index contributed by atoms with van der Waals surface area (Å²) in [6, 6.07) is 6.18. The molecule has 136 valence electrons. The van der Waals surface area contributed by atoms with Gasteiger partial charge in [-0.3, -0.25) is 9.59 Å². The average molecular weight is 352 g/mol. The van der Waals surface area contributed by atoms with E-state index in [-0.39, 0.29) is 29.4 Å². The highest BCUT2D eigenvalue weighted by atomic mass is 19.3. The standard InChI is InChI=1S/C18H22F2N2O3/c19-18(20)25-15-7-3-12(4-8-15)10-21-16(23)14-2-1-9-22(11-14)17(24)13-5-6-13/h3-4,7-8,13-14,18H,1-2,5-6,9-11H2,(H,21,23). The van der Waals surface area contributed by atoms with Crippen LogP contribution >= 0.6 is 0 Å². The van der Waals surface area contributed by atoms with E-state index in [1.165, 1.54) is 12.1 Å². The van der Waals surface area contributed by atoms with Gasteiger partial charge < -0.3 is 15.0 Å². The van der Waals surface area contributed by atoms with Crippen molar-refractivity contribution in [2.45, 2.75) is 38.8 Å². The normalized spacial score (nSPS) is 20.4. The Morgan fingerprint density at radius 2 is 1.88 bits per heavy atom. The van der Waals surface area contributed by atoms with Gasteiger partial charge in [0.15, 0.2) is 0 Å². The number of ether oxygens (including phenoxy) is 1. The lowest BCUT2D eigenvalue weighted by Crippen LogP contribution is -2.45. The van der Waals surface area contributed by atoms with Gasteiger partial charge in [-0.1, -0.05) is 12.1 Å². The van der Waals surface area contributed by atoms with Crippen molar-refractivity contribution < 1.29 is 23.1 Å². The average Bonchev–Trinajstić information content (AvgIpc) is 3.45. The lowest BCUT2D eigenvalue weighted by Gasteiger charge is -2.32. The van der Waals surface area contributed by atoms with Crippen molar-refractivity contribution in [1.29, 1.82) is 0 Å². The van der Waals surface area contributed by atoms with Crippen LogP contribution in [0.1, 0.15) is 31.2 Å². The van der Waals surface area contributed by atoms with Crippen LogP contribution in [0.3, 0.4) is 0 Å². The van der Waals surface area contributed by atoms with Gasteiger partial charge in [0, 0.05) is 25.6 Å². The summed E-state index contributed by atoms with van der Waals surface area (Å²) in [6.45, 7) is -1.30. The molecule has 1 saturated heterocycles. The molecular formula is C18H22F2N2O3. The van der Waals surface area contributed by atoms with Gasteiger partial charge in [0.05, 0.1) is 5.92 Å². The van der Waals surface area contributed by atoms with Crippen molar-refractivity contribution in [3.8, 4) is 5.75 Å². The van der Waals surface area contributed by atoms with Gasteiger partial charge in [-0.15, -0.1) is 0 Å². The van der Waals surface area contributed by atoms with Crippen LogP contribution in [0.2, 0.25) is 0 Å². The molecule has 2 aliphatic rings. The molecule has 1 aromatic carbocycles. The van der Waals surface area contributed by atoms with E-state index < -0.39 is 6.61 Å². The molecule has 2 fully saturated rings. The van der Waals surface area contributed by atoms with E-state index in [1.54, 1.807) is 12.1 Å². The quantitative estimate of drug-likeness (QED) is 0.856. The summed E-state index contributed by atoms with van der Waals surface area (Å²) >= 11 is 0. The van der Waals surface area contributed by atoms with Crippen LogP contribution in [0, 0.1) is 11.8 Å². The van der Waals surface area contributed by atoms with E-state index in [2.05, 4.69) is 10.1 Å². The third kappa shape index (κ3) is 4.90. The first-order valence-electron chi connectivity index (χ1n) is 8.63. The summed E-state index contributed by atoms with van der Waals surface area (Å²) in [5.41, 5.74) is 0.802. The number of amides is 2. The van der Waals surface area contributed by atoms with Crippen molar-refractivity contribution in [3.63, 3.8) is 0 Å². The molecule has 1 aliphatic carbocycles. The second-order valence-corrected chi connectivity index (χ2v) is 6.64. The number of benzene rings is 1. The van der Waals surface area contributed by atoms with Crippen LogP contribution in [0.4, 0.5) is 8.78 Å². The highest BCUT2D eigenvalue weighted by Gasteiger charge is 2.36. The van der Waals surface area contributed by atoms with Crippen LogP contribution in [-0.2, 0) is 16.1 Å². The molecule has 1 aliphatic heterocycles. The first-order chi connectivity index (χ1) is 12.0. The number of halogens is 2. The molecule has 1 unspecified atom stereocenters. The second-order valence-electron chi connectivity index (χ2n) is 6.64. The molecule has 7 heteroatoms. The lowest BCUT2D eigenvalue weighted by atomic mass is 9.96. The zero-order valence-corrected chi connectivity index (χ0v) is 13.9. The fourth-order valence-corrected chi connectivity index (χ4v) is 3.10. The molecule has 1 heterocycles. The number of alkyl halides is 2. The zero-order valence-electron chi connectivity index (χ0n) is 13.9. The largest absolute Gasteiger partial charge is 0.435 e. The van der Waals surface area contributed by atoms with Gasteiger partial charge in [0.25, 0.3) is 0 Å². The maximum atomic E-state index is 12.4. The molecule has 1 aromatic rings. The number of nitrogens with one attached hydrogen (secondary N) is 1. The number of likely N-dealkylation sites (tertiary alicyclic amines) is 1. The van der Waals surface area contributed by atoms with Crippen molar-refractivity contribution in [3.05, 3.63) is 29.8 Å². The zero-order chi connectivity index (χ0) is 17.8. The van der Waals surface area contributed by atoms with Crippen molar-refractivity contribution >= 4 is 11.8 Å². The predicted molar refractivity (Wildman–Crippen MR) is 86.9 cm³/mol. The van der Waals surface area contributed by atoms with Crippen LogP contribution in [0.15, 0.2) is 24.3 Å². The topological polar surface area (TPSA) is 58.6 Å². The molecule has 0 radical (unpaired) electrons. The summed E-state index contributed by atoms with van der Waals surface area (Å²) in [7, 11) is 0. The van der Waals surface area contributed by atoms with Gasteiger partial charge in [-0.25, -0.2) is 0 Å². The molecule has 3 rings (SSSR count). The van der Waals surface area contributed by atoms with E-state index in [0.717, 1.165) is 37.8 Å². The number of piperidine rings is 1. The van der Waals surface area contributed by atoms with Crippen molar-refractivity contribution in [2.24, 2.45) is 11.8 Å². The Labute approximate surface area is 145 Å². The highest BCUT2D eigenvalue weighted by molar-refractivity contribution is 5.83. The molecule has 5 nitrogen and oxygen atoms in total. The number of carbonyl (C=O) groups is 2. The van der Waals surface area contributed by atoms with Crippen molar-refractivity contribution in [2.75, 3.05) is 13.1 Å². The first-order valence-corrected chi connectivity index (χ1v) is 8.63. The summed E-state index contributed by atoms with van der Waals surface area (Å²) in [4.78, 5) is 26.3. The minimum atomic E-state index is -2.85. The maximum Gasteiger partial charge on any atom is 0.387 e. The number of carbonyl (C=O) groups excluding carboxylic acids is 2. The molecule has 0 aromatic heterocycles. The fraction of sp³-hybridized carbons (Fsp3) is 0.556. The van der Waals surface area contributed by atoms with Gasteiger partial charge in [0.1, 0.15) is 5.75 Å². The van der Waals surface area contributed by atoms with Crippen molar-refractivity contribution in [1.82, 2.24) is 10.2 Å². The molecule has 0 bridgehead atoms. The summed E-state index contributed by atoms with van der Waals surface area (Å²) < 4.78 is 28.5. The fourth-order valence-electron chi connectivity index (χ4n) is 3.10. The minimum Gasteiger partial charge on any atom is -0.435 e. The maximum absolute atomic E-state index is 12.4. The number of hydrogen-bond acceptors (Lipinski definition) is 3. The number of hydrogen-bond donors (Lipinski definition) is 1. The van der Waals surface area contributed by atoms with E-state index in [0.29, 0.717) is 13.1 Å². The molecule has 0 spiro atoms. The monoisotopic (exact) mass is 352 g/mol. The number of nitrogens with zero attached hydrogens (tertiary/aromatic N) is 1. The van der Waals surface area contributed by atoms with Gasteiger partial charge in [-0.2, -0.15) is 8.78 Å². The minimum absolute atomic E-state index is 0.0683. The Morgan fingerprint density at radius 3 is 2.52 bits per heavy atom. The summed E-state index contributed by atoms with van der Waals surface area (Å²) in [5, 5.41) is 2.87. The molecule has 1 N–H and O–H groups in total. The molecule has 1 saturated carbocycles. The Morgan fingerprint density at radius 1 is 1.16 bits per heavy atom. The van der Waals surface area contributed by atoms with E-state index >= 15 is 0 Å². The molecule has 2 amide bonds. The predicted octanol–water partition coefficient (Wildman–Crippen LogP) is 2.55. The third-order valence-corrected chi connectivity index (χ3v) is 4.65. The summed E-state index contributed by atoms with van der Waals surface area (Å²) in [6.07, 6.45) is 3.56. The van der Waals surface area contributed by atoms with Gasteiger partial charge in [0.2, 0.25) is 11.8 Å². The Balaban J connectivity index is 1.47. The first kappa shape index (κ1) is 17.6. The highest BCUT2D eigenvalue weighted by Crippen LogP contribution is 2.32. The van der Waals surface area contributed by atoms with E-state index in [9.17, 15) is 18.4 Å². The Kier molecular flexibility index (Phi) is 5.50. The van der Waals surface area contributed by atoms with Crippen LogP contribution in [-0.4, -0.2) is 36.4 Å². The van der Waals surface area contributed by atoms with E-state index in [4.69, 9.17) is 0 Å². The van der Waals surface area contributed by atoms with Gasteiger partial charge >= 0.3 is 6.61 Å². The smallest absolute Gasteiger partial charge is 0.387 e. The van der Waals surface area contributed by atoms with Crippen LogP contribution in [0.5, 0.6) is 5.75 Å². The van der Waals surface area contributed by atoms with Crippen LogP contribution < -0.4 is 10.1 Å². The Bertz CT molecular complexity index is 617. The second kappa shape index (κ2) is 7.80. The lowest BCUT2D eigenvalue weighted by molar-refractivity contribution is -0.136. The van der Waals surface area contributed by atoms with Gasteiger partial charge in [-0.05, 0) is 43.4 Å². The third-order valence-electron chi connectivity index (χ3n) is 4.65. The van der Waals surface area contributed by atoms with E-state index in [1.807, 2.05) is 4.90 Å². The summed E-state index contributed by atoms with van der Waals surface area (Å²) in [5.74, 6) is 0.202. The molecule has 25 heavy (non-hydrogen) atoms. The number of rotatable bonds is 6.